The van der Waals surface area contributed by atoms with E-state index < -0.39 is 7.92 Å². The van der Waals surface area contributed by atoms with Gasteiger partial charge in [0.15, 0.2) is 0 Å². The second kappa shape index (κ2) is 5.55. The maximum absolute atomic E-state index is 2.40. The first-order valence-electron chi connectivity index (χ1n) is 7.64. The second-order valence-corrected chi connectivity index (χ2v) is 8.05. The van der Waals surface area contributed by atoms with Crippen LogP contribution in [0.15, 0.2) is 84.9 Å². The van der Waals surface area contributed by atoms with Gasteiger partial charge in [-0.3, -0.25) is 0 Å². The molecule has 0 fully saturated rings. The Bertz CT molecular complexity index is 941. The van der Waals surface area contributed by atoms with E-state index in [4.69, 9.17) is 0 Å². The monoisotopic (exact) mass is 301 g/mol. The zero-order chi connectivity index (χ0) is 14.9. The van der Waals surface area contributed by atoms with Crippen molar-refractivity contribution in [1.82, 2.24) is 0 Å². The first-order chi connectivity index (χ1) is 10.8. The van der Waals surface area contributed by atoms with Crippen LogP contribution in [0.3, 0.4) is 0 Å². The van der Waals surface area contributed by atoms with Gasteiger partial charge >= 0.3 is 0 Å². The van der Waals surface area contributed by atoms with Gasteiger partial charge in [0.05, 0.1) is 19.9 Å². The van der Waals surface area contributed by atoms with E-state index in [0.717, 1.165) is 0 Å². The van der Waals surface area contributed by atoms with Crippen molar-refractivity contribution in [1.29, 1.82) is 0 Å². The molecule has 0 aromatic heterocycles. The molecule has 0 amide bonds. The molecule has 0 saturated heterocycles. The fraction of sp³-hybridized carbons (Fsp3) is 0.0476. The third kappa shape index (κ3) is 2.21. The third-order valence-corrected chi connectivity index (χ3v) is 6.80. The molecule has 0 aliphatic rings. The molecule has 0 saturated carbocycles. The Morgan fingerprint density at radius 2 is 1.18 bits per heavy atom. The van der Waals surface area contributed by atoms with E-state index in [0.29, 0.717) is 0 Å². The molecule has 0 aliphatic carbocycles. The minimum atomic E-state index is -0.760. The summed E-state index contributed by atoms with van der Waals surface area (Å²) in [7, 11) is -0.760. The molecule has 0 nitrogen and oxygen atoms in total. The molecule has 4 aromatic rings. The van der Waals surface area contributed by atoms with Crippen molar-refractivity contribution < 1.29 is 0 Å². The van der Waals surface area contributed by atoms with Gasteiger partial charge in [-0.1, -0.05) is 66.7 Å². The predicted molar refractivity (Wildman–Crippen MR) is 101 cm³/mol. The first kappa shape index (κ1) is 13.5. The van der Waals surface area contributed by atoms with Crippen LogP contribution < -0.4 is 10.6 Å². The minimum Gasteiger partial charge on any atom is -0.0620 e. The minimum absolute atomic E-state index is 0.760. The standard InChI is InChI=1S/C21H17P/c1-22(17-10-3-2-4-11-17)21-15-16-9-5-6-12-18(16)19-13-7-8-14-20(19)21/h2-15H,1H3/p+1. The van der Waals surface area contributed by atoms with Crippen molar-refractivity contribution in [3.8, 4) is 0 Å². The number of hydrogen-bond acceptors (Lipinski definition) is 0. The van der Waals surface area contributed by atoms with E-state index in [-0.39, 0.29) is 0 Å². The fourth-order valence-corrected chi connectivity index (χ4v) is 5.21. The fourth-order valence-electron chi connectivity index (χ4n) is 3.21. The topological polar surface area (TPSA) is 0 Å². The van der Waals surface area contributed by atoms with E-state index >= 15 is 0 Å². The summed E-state index contributed by atoms with van der Waals surface area (Å²) in [4.78, 5) is 0. The molecule has 0 N–H and O–H groups in total. The van der Waals surface area contributed by atoms with Gasteiger partial charge in [-0.05, 0) is 34.4 Å². The maximum Gasteiger partial charge on any atom is 0.105 e. The Labute approximate surface area is 132 Å². The average Bonchev–Trinajstić information content (AvgIpc) is 2.61. The van der Waals surface area contributed by atoms with Crippen molar-refractivity contribution >= 4 is 40.1 Å². The highest BCUT2D eigenvalue weighted by Crippen LogP contribution is 2.35. The van der Waals surface area contributed by atoms with Crippen molar-refractivity contribution in [2.75, 3.05) is 6.66 Å². The van der Waals surface area contributed by atoms with Crippen molar-refractivity contribution in [3.63, 3.8) is 0 Å². The Morgan fingerprint density at radius 3 is 1.95 bits per heavy atom. The van der Waals surface area contributed by atoms with Gasteiger partial charge in [0.1, 0.15) is 5.30 Å². The molecule has 1 atom stereocenters. The van der Waals surface area contributed by atoms with E-state index in [9.17, 15) is 0 Å². The normalized spacial score (nSPS) is 12.6. The lowest BCUT2D eigenvalue weighted by Crippen LogP contribution is -2.11. The van der Waals surface area contributed by atoms with Crippen molar-refractivity contribution in [2.24, 2.45) is 0 Å². The molecule has 0 spiro atoms. The van der Waals surface area contributed by atoms with Gasteiger partial charge in [0, 0.05) is 5.39 Å². The number of benzene rings is 4. The molecule has 1 unspecified atom stereocenters. The molecule has 0 radical (unpaired) electrons. The number of hydrogen-bond donors (Lipinski definition) is 0. The van der Waals surface area contributed by atoms with Gasteiger partial charge < -0.3 is 0 Å². The van der Waals surface area contributed by atoms with Gasteiger partial charge in [-0.25, -0.2) is 0 Å². The van der Waals surface area contributed by atoms with E-state index in [1.807, 2.05) is 0 Å². The van der Waals surface area contributed by atoms with Gasteiger partial charge in [-0.15, -0.1) is 0 Å². The largest absolute Gasteiger partial charge is 0.105 e. The summed E-state index contributed by atoms with van der Waals surface area (Å²) in [6.07, 6.45) is 0. The summed E-state index contributed by atoms with van der Waals surface area (Å²) in [5.74, 6) is 0. The first-order valence-corrected chi connectivity index (χ1v) is 9.64. The molecular weight excluding hydrogens is 283 g/mol. The van der Waals surface area contributed by atoms with Crippen LogP contribution in [0, 0.1) is 0 Å². The van der Waals surface area contributed by atoms with Crippen LogP contribution in [0.5, 0.6) is 0 Å². The molecular formula is C21H18P+. The van der Waals surface area contributed by atoms with Crippen LogP contribution in [0.25, 0.3) is 21.5 Å². The lowest BCUT2D eigenvalue weighted by molar-refractivity contribution is 1.76. The molecule has 0 bridgehead atoms. The van der Waals surface area contributed by atoms with Gasteiger partial charge in [0.2, 0.25) is 0 Å². The average molecular weight is 301 g/mol. The van der Waals surface area contributed by atoms with Gasteiger partial charge in [-0.2, -0.15) is 0 Å². The Morgan fingerprint density at radius 1 is 0.591 bits per heavy atom. The Kier molecular flexibility index (Phi) is 3.41. The summed E-state index contributed by atoms with van der Waals surface area (Å²) in [6.45, 7) is 2.40. The predicted octanol–water partition coefficient (Wildman–Crippen LogP) is 4.79. The SMILES string of the molecule is C[PH+](c1ccccc1)c1cc2ccccc2c2ccccc12. The summed E-state index contributed by atoms with van der Waals surface area (Å²) in [5, 5.41) is 8.44. The molecule has 0 heterocycles. The van der Waals surface area contributed by atoms with Crippen molar-refractivity contribution in [3.05, 3.63) is 84.9 Å². The van der Waals surface area contributed by atoms with Crippen LogP contribution in [-0.2, 0) is 0 Å². The smallest absolute Gasteiger partial charge is 0.0620 e. The summed E-state index contributed by atoms with van der Waals surface area (Å²) in [6, 6.07) is 30.8. The summed E-state index contributed by atoms with van der Waals surface area (Å²) < 4.78 is 0. The second-order valence-electron chi connectivity index (χ2n) is 5.68. The molecule has 4 aromatic carbocycles. The van der Waals surface area contributed by atoms with E-state index in [1.165, 1.54) is 32.2 Å². The van der Waals surface area contributed by atoms with Crippen LogP contribution >= 0.6 is 7.92 Å². The third-order valence-electron chi connectivity index (χ3n) is 4.38. The lowest BCUT2D eigenvalue weighted by atomic mass is 10.0. The van der Waals surface area contributed by atoms with Crippen LogP contribution in [0.4, 0.5) is 0 Å². The Hall–Kier alpha value is -2.17. The molecule has 22 heavy (non-hydrogen) atoms. The summed E-state index contributed by atoms with van der Waals surface area (Å²) >= 11 is 0. The number of fused-ring (bicyclic) bond motifs is 3. The zero-order valence-electron chi connectivity index (χ0n) is 12.6. The molecule has 106 valence electrons. The highest BCUT2D eigenvalue weighted by Gasteiger charge is 2.20. The highest BCUT2D eigenvalue weighted by atomic mass is 31.1. The Balaban J connectivity index is 2.04. The maximum atomic E-state index is 2.40. The van der Waals surface area contributed by atoms with Crippen LogP contribution in [0.2, 0.25) is 0 Å². The lowest BCUT2D eigenvalue weighted by Gasteiger charge is -2.11. The van der Waals surface area contributed by atoms with Crippen molar-refractivity contribution in [2.45, 2.75) is 0 Å². The summed E-state index contributed by atoms with van der Waals surface area (Å²) in [5.41, 5.74) is 0. The van der Waals surface area contributed by atoms with E-state index in [2.05, 4.69) is 91.6 Å². The number of rotatable bonds is 2. The van der Waals surface area contributed by atoms with Crippen LogP contribution in [0.1, 0.15) is 0 Å². The quantitative estimate of drug-likeness (QED) is 0.369. The molecule has 1 heteroatoms. The zero-order valence-corrected chi connectivity index (χ0v) is 13.6. The van der Waals surface area contributed by atoms with Crippen LogP contribution in [-0.4, -0.2) is 6.66 Å². The molecule has 0 aliphatic heterocycles. The van der Waals surface area contributed by atoms with E-state index in [1.54, 1.807) is 0 Å². The molecule has 4 rings (SSSR count). The highest BCUT2D eigenvalue weighted by molar-refractivity contribution is 7.72. The van der Waals surface area contributed by atoms with Gasteiger partial charge in [0.25, 0.3) is 0 Å².